The SMILES string of the molecule is CCNC(c1cnccc1C)c1cc(C)nn1CC. The first-order valence-electron chi connectivity index (χ1n) is 6.85. The van der Waals surface area contributed by atoms with E-state index >= 15 is 0 Å². The molecule has 1 unspecified atom stereocenters. The fraction of sp³-hybridized carbons (Fsp3) is 0.467. The topological polar surface area (TPSA) is 42.7 Å². The summed E-state index contributed by atoms with van der Waals surface area (Å²) in [6, 6.07) is 4.36. The van der Waals surface area contributed by atoms with Crippen molar-refractivity contribution in [3.8, 4) is 0 Å². The van der Waals surface area contributed by atoms with E-state index in [1.165, 1.54) is 16.8 Å². The number of hydrogen-bond acceptors (Lipinski definition) is 3. The predicted molar refractivity (Wildman–Crippen MR) is 77.1 cm³/mol. The third-order valence-electron chi connectivity index (χ3n) is 3.33. The summed E-state index contributed by atoms with van der Waals surface area (Å²) in [5, 5.41) is 8.09. The molecule has 1 atom stereocenters. The second-order valence-electron chi connectivity index (χ2n) is 4.75. The van der Waals surface area contributed by atoms with Crippen molar-refractivity contribution in [2.24, 2.45) is 0 Å². The molecule has 4 nitrogen and oxygen atoms in total. The molecule has 0 saturated carbocycles. The summed E-state index contributed by atoms with van der Waals surface area (Å²) in [6.45, 7) is 10.2. The first-order valence-corrected chi connectivity index (χ1v) is 6.85. The normalized spacial score (nSPS) is 12.6. The van der Waals surface area contributed by atoms with Crippen LogP contribution in [0.1, 0.15) is 42.4 Å². The van der Waals surface area contributed by atoms with Gasteiger partial charge >= 0.3 is 0 Å². The van der Waals surface area contributed by atoms with Crippen molar-refractivity contribution >= 4 is 0 Å². The molecule has 0 aliphatic rings. The summed E-state index contributed by atoms with van der Waals surface area (Å²) < 4.78 is 2.06. The molecule has 0 amide bonds. The number of rotatable bonds is 5. The van der Waals surface area contributed by atoms with Crippen LogP contribution in [0.5, 0.6) is 0 Å². The lowest BCUT2D eigenvalue weighted by atomic mass is 10.0. The number of aromatic nitrogens is 3. The van der Waals surface area contributed by atoms with Crippen molar-refractivity contribution < 1.29 is 0 Å². The fourth-order valence-corrected chi connectivity index (χ4v) is 2.41. The maximum atomic E-state index is 4.54. The lowest BCUT2D eigenvalue weighted by Gasteiger charge is -2.20. The summed E-state index contributed by atoms with van der Waals surface area (Å²) in [5.74, 6) is 0. The lowest BCUT2D eigenvalue weighted by Crippen LogP contribution is -2.25. The standard InChI is InChI=1S/C15H22N4/c1-5-17-15(13-10-16-8-7-11(13)3)14-9-12(4)18-19(14)6-2/h7-10,15,17H,5-6H2,1-4H3. The molecule has 102 valence electrons. The van der Waals surface area contributed by atoms with Crippen molar-refractivity contribution in [3.63, 3.8) is 0 Å². The zero-order valence-corrected chi connectivity index (χ0v) is 12.1. The molecular weight excluding hydrogens is 236 g/mol. The molecule has 2 rings (SSSR count). The van der Waals surface area contributed by atoms with Crippen LogP contribution >= 0.6 is 0 Å². The maximum absolute atomic E-state index is 4.54. The Morgan fingerprint density at radius 3 is 2.74 bits per heavy atom. The van der Waals surface area contributed by atoms with Gasteiger partial charge < -0.3 is 5.32 Å². The Balaban J connectivity index is 2.48. The van der Waals surface area contributed by atoms with Crippen LogP contribution in [-0.4, -0.2) is 21.3 Å². The average Bonchev–Trinajstić information content (AvgIpc) is 2.78. The van der Waals surface area contributed by atoms with Crippen LogP contribution in [0.25, 0.3) is 0 Å². The molecule has 0 aromatic carbocycles. The largest absolute Gasteiger partial charge is 0.305 e. The Morgan fingerprint density at radius 1 is 1.32 bits per heavy atom. The van der Waals surface area contributed by atoms with Gasteiger partial charge in [-0.2, -0.15) is 5.10 Å². The van der Waals surface area contributed by atoms with Crippen LogP contribution in [-0.2, 0) is 6.54 Å². The molecule has 0 saturated heterocycles. The van der Waals surface area contributed by atoms with Gasteiger partial charge in [0, 0.05) is 18.9 Å². The first-order chi connectivity index (χ1) is 9.17. The van der Waals surface area contributed by atoms with Crippen LogP contribution in [0.3, 0.4) is 0 Å². The van der Waals surface area contributed by atoms with Crippen LogP contribution < -0.4 is 5.32 Å². The maximum Gasteiger partial charge on any atom is 0.0765 e. The van der Waals surface area contributed by atoms with Gasteiger partial charge in [0.05, 0.1) is 17.4 Å². The highest BCUT2D eigenvalue weighted by atomic mass is 15.3. The molecule has 19 heavy (non-hydrogen) atoms. The predicted octanol–water partition coefficient (Wildman–Crippen LogP) is 2.61. The first kappa shape index (κ1) is 13.7. The van der Waals surface area contributed by atoms with Crippen molar-refractivity contribution in [2.75, 3.05) is 6.54 Å². The van der Waals surface area contributed by atoms with Crippen molar-refractivity contribution in [3.05, 3.63) is 47.0 Å². The van der Waals surface area contributed by atoms with E-state index in [0.717, 1.165) is 18.8 Å². The van der Waals surface area contributed by atoms with Gasteiger partial charge in [-0.1, -0.05) is 6.92 Å². The molecule has 4 heteroatoms. The minimum atomic E-state index is 0.153. The molecule has 2 aromatic rings. The van der Waals surface area contributed by atoms with E-state index in [9.17, 15) is 0 Å². The van der Waals surface area contributed by atoms with E-state index in [1.807, 2.05) is 19.3 Å². The van der Waals surface area contributed by atoms with Gasteiger partial charge in [0.1, 0.15) is 0 Å². The molecule has 2 heterocycles. The van der Waals surface area contributed by atoms with E-state index in [2.05, 4.69) is 53.0 Å². The summed E-state index contributed by atoms with van der Waals surface area (Å²) >= 11 is 0. The number of nitrogens with one attached hydrogen (secondary N) is 1. The molecule has 0 bridgehead atoms. The zero-order chi connectivity index (χ0) is 13.8. The second-order valence-corrected chi connectivity index (χ2v) is 4.75. The number of pyridine rings is 1. The van der Waals surface area contributed by atoms with E-state index in [-0.39, 0.29) is 6.04 Å². The summed E-state index contributed by atoms with van der Waals surface area (Å²) in [7, 11) is 0. The lowest BCUT2D eigenvalue weighted by molar-refractivity contribution is 0.539. The van der Waals surface area contributed by atoms with Gasteiger partial charge in [0.15, 0.2) is 0 Å². The Bertz CT molecular complexity index is 545. The molecule has 2 aromatic heterocycles. The van der Waals surface area contributed by atoms with Crippen LogP contribution in [0, 0.1) is 13.8 Å². The number of nitrogens with zero attached hydrogens (tertiary/aromatic N) is 3. The second kappa shape index (κ2) is 5.97. The van der Waals surface area contributed by atoms with E-state index < -0.39 is 0 Å². The average molecular weight is 258 g/mol. The highest BCUT2D eigenvalue weighted by molar-refractivity contribution is 5.32. The molecule has 0 aliphatic carbocycles. The van der Waals surface area contributed by atoms with Gasteiger partial charge in [-0.15, -0.1) is 0 Å². The molecule has 0 radical (unpaired) electrons. The van der Waals surface area contributed by atoms with Gasteiger partial charge in [-0.3, -0.25) is 9.67 Å². The smallest absolute Gasteiger partial charge is 0.0765 e. The molecule has 0 aliphatic heterocycles. The highest BCUT2D eigenvalue weighted by Gasteiger charge is 2.19. The van der Waals surface area contributed by atoms with Crippen molar-refractivity contribution in [1.82, 2.24) is 20.1 Å². The molecule has 0 spiro atoms. The molecule has 1 N–H and O–H groups in total. The summed E-state index contributed by atoms with van der Waals surface area (Å²) in [6.07, 6.45) is 3.79. The zero-order valence-electron chi connectivity index (χ0n) is 12.1. The van der Waals surface area contributed by atoms with Gasteiger partial charge in [-0.25, -0.2) is 0 Å². The highest BCUT2D eigenvalue weighted by Crippen LogP contribution is 2.24. The van der Waals surface area contributed by atoms with Crippen LogP contribution in [0.15, 0.2) is 24.5 Å². The monoisotopic (exact) mass is 258 g/mol. The van der Waals surface area contributed by atoms with Gasteiger partial charge in [0.2, 0.25) is 0 Å². The van der Waals surface area contributed by atoms with Gasteiger partial charge in [-0.05, 0) is 50.6 Å². The molecular formula is C15H22N4. The van der Waals surface area contributed by atoms with Crippen molar-refractivity contribution in [1.29, 1.82) is 0 Å². The number of hydrogen-bond donors (Lipinski definition) is 1. The number of aryl methyl sites for hydroxylation is 3. The summed E-state index contributed by atoms with van der Waals surface area (Å²) in [5.41, 5.74) is 4.74. The third kappa shape index (κ3) is 2.84. The Kier molecular flexibility index (Phi) is 4.32. The quantitative estimate of drug-likeness (QED) is 0.896. The Hall–Kier alpha value is -1.68. The third-order valence-corrected chi connectivity index (χ3v) is 3.33. The molecule has 0 fully saturated rings. The van der Waals surface area contributed by atoms with Crippen LogP contribution in [0.2, 0.25) is 0 Å². The van der Waals surface area contributed by atoms with Gasteiger partial charge in [0.25, 0.3) is 0 Å². The fourth-order valence-electron chi connectivity index (χ4n) is 2.41. The Morgan fingerprint density at radius 2 is 2.11 bits per heavy atom. The van der Waals surface area contributed by atoms with E-state index in [4.69, 9.17) is 0 Å². The van der Waals surface area contributed by atoms with Crippen molar-refractivity contribution in [2.45, 2.75) is 40.3 Å². The van der Waals surface area contributed by atoms with E-state index in [0.29, 0.717) is 0 Å². The summed E-state index contributed by atoms with van der Waals surface area (Å²) in [4.78, 5) is 4.27. The minimum absolute atomic E-state index is 0.153. The minimum Gasteiger partial charge on any atom is -0.305 e. The Labute approximate surface area is 114 Å². The van der Waals surface area contributed by atoms with E-state index in [1.54, 1.807) is 0 Å². The van der Waals surface area contributed by atoms with Crippen LogP contribution in [0.4, 0.5) is 0 Å².